The van der Waals surface area contributed by atoms with Gasteiger partial charge in [0.05, 0.1) is 24.2 Å². The van der Waals surface area contributed by atoms with E-state index in [1.165, 1.54) is 16.0 Å². The Morgan fingerprint density at radius 2 is 2.35 bits per heavy atom. The molecule has 0 unspecified atom stereocenters. The van der Waals surface area contributed by atoms with Crippen LogP contribution in [0.2, 0.25) is 0 Å². The number of anilines is 1. The average molecular weight is 280 g/mol. The molecule has 1 aromatic rings. The Bertz CT molecular complexity index is 514. The number of carboxylic acids is 1. The van der Waals surface area contributed by atoms with Crippen LogP contribution in [0.25, 0.3) is 0 Å². The van der Waals surface area contributed by atoms with Gasteiger partial charge in [-0.15, -0.1) is 0 Å². The second-order valence-electron chi connectivity index (χ2n) is 4.77. The third-order valence-electron chi connectivity index (χ3n) is 3.31. The van der Waals surface area contributed by atoms with Crippen molar-refractivity contribution < 1.29 is 19.5 Å². The Hall–Kier alpha value is -2.38. The van der Waals surface area contributed by atoms with Gasteiger partial charge in [-0.1, -0.05) is 0 Å². The summed E-state index contributed by atoms with van der Waals surface area (Å²) >= 11 is 0. The standard InChI is InChI=1S/C12H16N4O4/c1-15(3-2-11(18)19)12(20)8-4-10(17)16(7-8)9-5-13-14-6-9/h5-6,8H,2-4,7H2,1H3,(H,13,14)(H,18,19)/t8-/m0/s1. The van der Waals surface area contributed by atoms with Gasteiger partial charge in [0.15, 0.2) is 0 Å². The number of rotatable bonds is 5. The number of nitrogens with one attached hydrogen (secondary N) is 1. The molecule has 2 amide bonds. The van der Waals surface area contributed by atoms with Crippen molar-refractivity contribution in [3.05, 3.63) is 12.4 Å². The first-order chi connectivity index (χ1) is 9.49. The van der Waals surface area contributed by atoms with Gasteiger partial charge in [0, 0.05) is 32.8 Å². The van der Waals surface area contributed by atoms with Crippen molar-refractivity contribution in [3.8, 4) is 0 Å². The van der Waals surface area contributed by atoms with Gasteiger partial charge < -0.3 is 14.9 Å². The monoisotopic (exact) mass is 280 g/mol. The number of aliphatic carboxylic acids is 1. The maximum Gasteiger partial charge on any atom is 0.305 e. The summed E-state index contributed by atoms with van der Waals surface area (Å²) in [5.74, 6) is -1.72. The second kappa shape index (κ2) is 5.72. The SMILES string of the molecule is CN(CCC(=O)O)C(=O)[C@H]1CC(=O)N(c2cn[nH]c2)C1. The summed E-state index contributed by atoms with van der Waals surface area (Å²) in [6.07, 6.45) is 3.16. The Kier molecular flexibility index (Phi) is 4.02. The van der Waals surface area contributed by atoms with E-state index in [2.05, 4.69) is 10.2 Å². The molecule has 8 heteroatoms. The number of nitrogens with zero attached hydrogens (tertiary/aromatic N) is 3. The fraction of sp³-hybridized carbons (Fsp3) is 0.500. The molecule has 2 N–H and O–H groups in total. The lowest BCUT2D eigenvalue weighted by atomic mass is 10.1. The molecule has 8 nitrogen and oxygen atoms in total. The third kappa shape index (κ3) is 2.95. The molecule has 1 aliphatic rings. The van der Waals surface area contributed by atoms with Gasteiger partial charge in [0.1, 0.15) is 0 Å². The largest absolute Gasteiger partial charge is 0.481 e. The van der Waals surface area contributed by atoms with E-state index in [1.807, 2.05) is 0 Å². The van der Waals surface area contributed by atoms with E-state index in [0.717, 1.165) is 0 Å². The lowest BCUT2D eigenvalue weighted by Gasteiger charge is -2.20. The molecular weight excluding hydrogens is 264 g/mol. The van der Waals surface area contributed by atoms with Crippen LogP contribution >= 0.6 is 0 Å². The lowest BCUT2D eigenvalue weighted by Crippen LogP contribution is -2.35. The number of hydrogen-bond donors (Lipinski definition) is 2. The molecule has 108 valence electrons. The molecular formula is C12H16N4O4. The molecule has 1 fully saturated rings. The van der Waals surface area contributed by atoms with Gasteiger partial charge in [0.2, 0.25) is 11.8 Å². The highest BCUT2D eigenvalue weighted by Crippen LogP contribution is 2.25. The van der Waals surface area contributed by atoms with Crippen molar-refractivity contribution in [1.29, 1.82) is 0 Å². The number of amides is 2. The van der Waals surface area contributed by atoms with Gasteiger partial charge in [-0.25, -0.2) is 0 Å². The normalized spacial score (nSPS) is 18.4. The molecule has 2 heterocycles. The molecule has 20 heavy (non-hydrogen) atoms. The van der Waals surface area contributed by atoms with Crippen LogP contribution in [0.3, 0.4) is 0 Å². The van der Waals surface area contributed by atoms with Gasteiger partial charge in [0.25, 0.3) is 0 Å². The number of aromatic amines is 1. The summed E-state index contributed by atoms with van der Waals surface area (Å²) in [4.78, 5) is 37.4. The fourth-order valence-corrected chi connectivity index (χ4v) is 2.20. The first-order valence-electron chi connectivity index (χ1n) is 6.25. The topological polar surface area (TPSA) is 107 Å². The molecule has 0 aromatic carbocycles. The number of aromatic nitrogens is 2. The summed E-state index contributed by atoms with van der Waals surface area (Å²) in [5, 5.41) is 15.0. The molecule has 0 bridgehead atoms. The molecule has 0 radical (unpaired) electrons. The predicted molar refractivity (Wildman–Crippen MR) is 68.9 cm³/mol. The van der Waals surface area contributed by atoms with E-state index in [9.17, 15) is 14.4 Å². The molecule has 1 aliphatic heterocycles. The highest BCUT2D eigenvalue weighted by Gasteiger charge is 2.36. The molecule has 0 aliphatic carbocycles. The van der Waals surface area contributed by atoms with Gasteiger partial charge in [-0.3, -0.25) is 19.5 Å². The van der Waals surface area contributed by atoms with Gasteiger partial charge >= 0.3 is 5.97 Å². The van der Waals surface area contributed by atoms with Gasteiger partial charge in [-0.05, 0) is 0 Å². The highest BCUT2D eigenvalue weighted by molar-refractivity contribution is 6.00. The number of H-pyrrole nitrogens is 1. The van der Waals surface area contributed by atoms with Crippen molar-refractivity contribution in [2.45, 2.75) is 12.8 Å². The van der Waals surface area contributed by atoms with Crippen molar-refractivity contribution in [1.82, 2.24) is 15.1 Å². The Morgan fingerprint density at radius 1 is 1.60 bits per heavy atom. The molecule has 0 spiro atoms. The number of carbonyl (C=O) groups is 3. The van der Waals surface area contributed by atoms with Crippen molar-refractivity contribution in [3.63, 3.8) is 0 Å². The second-order valence-corrected chi connectivity index (χ2v) is 4.77. The third-order valence-corrected chi connectivity index (χ3v) is 3.31. The van der Waals surface area contributed by atoms with Crippen molar-refractivity contribution in [2.24, 2.45) is 5.92 Å². The Morgan fingerprint density at radius 3 is 2.95 bits per heavy atom. The maximum atomic E-state index is 12.1. The van der Waals surface area contributed by atoms with Crippen LogP contribution in [0, 0.1) is 5.92 Å². The Labute approximate surface area is 115 Å². The minimum absolute atomic E-state index is 0.103. The quantitative estimate of drug-likeness (QED) is 0.769. The van der Waals surface area contributed by atoms with Gasteiger partial charge in [-0.2, -0.15) is 5.10 Å². The van der Waals surface area contributed by atoms with E-state index in [-0.39, 0.29) is 31.2 Å². The summed E-state index contributed by atoms with van der Waals surface area (Å²) in [7, 11) is 1.55. The molecule has 2 rings (SSSR count). The Balaban J connectivity index is 1.96. The molecule has 1 atom stereocenters. The summed E-state index contributed by atoms with van der Waals surface area (Å²) < 4.78 is 0. The first-order valence-corrected chi connectivity index (χ1v) is 6.25. The predicted octanol–water partition coefficient (Wildman–Crippen LogP) is -0.304. The average Bonchev–Trinajstić information content (AvgIpc) is 3.03. The highest BCUT2D eigenvalue weighted by atomic mass is 16.4. The van der Waals surface area contributed by atoms with Crippen LogP contribution < -0.4 is 4.90 Å². The van der Waals surface area contributed by atoms with E-state index in [0.29, 0.717) is 12.2 Å². The van der Waals surface area contributed by atoms with Crippen LogP contribution in [0.1, 0.15) is 12.8 Å². The summed E-state index contributed by atoms with van der Waals surface area (Å²) in [5.41, 5.74) is 0.637. The summed E-state index contributed by atoms with van der Waals surface area (Å²) in [6, 6.07) is 0. The van der Waals surface area contributed by atoms with E-state index in [4.69, 9.17) is 5.11 Å². The lowest BCUT2D eigenvalue weighted by molar-refractivity contribution is -0.139. The van der Waals surface area contributed by atoms with Crippen LogP contribution in [0.4, 0.5) is 5.69 Å². The van der Waals surface area contributed by atoms with E-state index < -0.39 is 11.9 Å². The minimum Gasteiger partial charge on any atom is -0.481 e. The van der Waals surface area contributed by atoms with Crippen molar-refractivity contribution in [2.75, 3.05) is 25.0 Å². The molecule has 1 aromatic heterocycles. The smallest absolute Gasteiger partial charge is 0.305 e. The van der Waals surface area contributed by atoms with E-state index >= 15 is 0 Å². The molecule has 0 saturated carbocycles. The minimum atomic E-state index is -0.952. The number of hydrogen-bond acceptors (Lipinski definition) is 4. The first kappa shape index (κ1) is 14.0. The number of carboxylic acid groups (broad SMARTS) is 1. The zero-order chi connectivity index (χ0) is 14.7. The van der Waals surface area contributed by atoms with E-state index in [1.54, 1.807) is 13.2 Å². The van der Waals surface area contributed by atoms with Crippen LogP contribution in [0.5, 0.6) is 0 Å². The zero-order valence-corrected chi connectivity index (χ0v) is 11.1. The summed E-state index contributed by atoms with van der Waals surface area (Å²) in [6.45, 7) is 0.444. The van der Waals surface area contributed by atoms with Crippen LogP contribution in [-0.4, -0.2) is 58.1 Å². The van der Waals surface area contributed by atoms with Crippen molar-refractivity contribution >= 4 is 23.5 Å². The van der Waals surface area contributed by atoms with Crippen LogP contribution in [-0.2, 0) is 14.4 Å². The number of carbonyl (C=O) groups excluding carboxylic acids is 2. The molecule has 1 saturated heterocycles. The van der Waals surface area contributed by atoms with Crippen LogP contribution in [0.15, 0.2) is 12.4 Å². The zero-order valence-electron chi connectivity index (χ0n) is 11.1. The fourth-order valence-electron chi connectivity index (χ4n) is 2.20. The maximum absolute atomic E-state index is 12.1.